The maximum Gasteiger partial charge on any atom is 0.289 e. The Morgan fingerprint density at radius 1 is 1.15 bits per heavy atom. The van der Waals surface area contributed by atoms with Crippen molar-refractivity contribution >= 4 is 15.9 Å². The Morgan fingerprint density at radius 3 is 2.56 bits per heavy atom. The van der Waals surface area contributed by atoms with Crippen LogP contribution >= 0.6 is 0 Å². The van der Waals surface area contributed by atoms with Gasteiger partial charge in [0.1, 0.15) is 6.07 Å². The fraction of sp³-hybridized carbons (Fsp3) is 0.333. The molecule has 1 aliphatic rings. The summed E-state index contributed by atoms with van der Waals surface area (Å²) in [6, 6.07) is 11.3. The number of nitrogens with zero attached hydrogens (tertiary/aromatic N) is 3. The minimum absolute atomic E-state index is 0.0126. The lowest BCUT2D eigenvalue weighted by Crippen LogP contribution is -2.50. The summed E-state index contributed by atoms with van der Waals surface area (Å²) < 4.78 is 32.4. The summed E-state index contributed by atoms with van der Waals surface area (Å²) in [5.41, 5.74) is 0.120. The summed E-state index contributed by atoms with van der Waals surface area (Å²) >= 11 is 0. The summed E-state index contributed by atoms with van der Waals surface area (Å²) in [7, 11) is -3.73. The molecule has 3 rings (SSSR count). The first-order valence-corrected chi connectivity index (χ1v) is 10.0. The molecule has 2 aromatic rings. The molecule has 0 radical (unpaired) electrons. The number of hydrogen-bond acceptors (Lipinski definition) is 6. The first-order chi connectivity index (χ1) is 13.0. The van der Waals surface area contributed by atoms with Gasteiger partial charge >= 0.3 is 0 Å². The Labute approximate surface area is 158 Å². The monoisotopic (exact) mass is 388 g/mol. The van der Waals surface area contributed by atoms with Crippen molar-refractivity contribution in [1.29, 1.82) is 5.26 Å². The molecular formula is C18H20N4O4S. The van der Waals surface area contributed by atoms with Gasteiger partial charge in [-0.1, -0.05) is 12.1 Å². The fourth-order valence-corrected chi connectivity index (χ4v) is 4.12. The lowest BCUT2D eigenvalue weighted by Gasteiger charge is -2.34. The molecule has 0 bridgehead atoms. The molecule has 27 heavy (non-hydrogen) atoms. The molecule has 2 heterocycles. The molecule has 0 spiro atoms. The molecule has 1 amide bonds. The quantitative estimate of drug-likeness (QED) is 0.788. The number of benzene rings is 1. The van der Waals surface area contributed by atoms with Crippen LogP contribution in [-0.4, -0.2) is 63.4 Å². The number of hydrogen-bond donors (Lipinski definition) is 1. The first-order valence-electron chi connectivity index (χ1n) is 8.55. The summed E-state index contributed by atoms with van der Waals surface area (Å²) in [4.78, 5) is 16.0. The summed E-state index contributed by atoms with van der Waals surface area (Å²) in [5, 5.41) is 9.06. The highest BCUT2D eigenvalue weighted by atomic mass is 32.2. The zero-order valence-corrected chi connectivity index (χ0v) is 15.5. The van der Waals surface area contributed by atoms with Crippen LogP contribution in [0.5, 0.6) is 0 Å². The number of nitrogens with one attached hydrogen (secondary N) is 1. The van der Waals surface area contributed by atoms with Gasteiger partial charge in [0.05, 0.1) is 16.7 Å². The molecule has 8 nitrogen and oxygen atoms in total. The standard InChI is InChI=1S/C18H20N4O4S/c19-14-15-4-1-2-6-17(15)27(24,25)20-7-8-21-9-11-22(12-10-21)18(23)16-5-3-13-26-16/h1-6,13,20H,7-12H2. The molecule has 0 atom stereocenters. The number of piperazine rings is 1. The number of rotatable bonds is 6. The van der Waals surface area contributed by atoms with E-state index in [4.69, 9.17) is 9.68 Å². The predicted octanol–water partition coefficient (Wildman–Crippen LogP) is 0.888. The van der Waals surface area contributed by atoms with Crippen LogP contribution in [0.3, 0.4) is 0 Å². The first kappa shape index (κ1) is 19.1. The minimum Gasteiger partial charge on any atom is -0.459 e. The van der Waals surface area contributed by atoms with Crippen LogP contribution in [-0.2, 0) is 10.0 Å². The lowest BCUT2D eigenvalue weighted by atomic mass is 10.2. The summed E-state index contributed by atoms with van der Waals surface area (Å²) in [5.74, 6) is 0.195. The third-order valence-electron chi connectivity index (χ3n) is 4.41. The number of carbonyl (C=O) groups excluding carboxylic acids is 1. The van der Waals surface area contributed by atoms with Crippen LogP contribution in [0.2, 0.25) is 0 Å². The maximum absolute atomic E-state index is 12.4. The Bertz CT molecular complexity index is 927. The molecule has 1 aliphatic heterocycles. The average Bonchev–Trinajstić information content (AvgIpc) is 3.22. The van der Waals surface area contributed by atoms with Crippen molar-refractivity contribution < 1.29 is 17.6 Å². The van der Waals surface area contributed by atoms with Gasteiger partial charge in [0.15, 0.2) is 5.76 Å². The number of furan rings is 1. The van der Waals surface area contributed by atoms with Gasteiger partial charge in [-0.25, -0.2) is 13.1 Å². The van der Waals surface area contributed by atoms with Crippen molar-refractivity contribution in [2.24, 2.45) is 0 Å². The highest BCUT2D eigenvalue weighted by Gasteiger charge is 2.24. The molecular weight excluding hydrogens is 368 g/mol. The number of amides is 1. The van der Waals surface area contributed by atoms with Crippen molar-refractivity contribution in [1.82, 2.24) is 14.5 Å². The Morgan fingerprint density at radius 2 is 1.89 bits per heavy atom. The van der Waals surface area contributed by atoms with E-state index < -0.39 is 10.0 Å². The van der Waals surface area contributed by atoms with Crippen LogP contribution in [0.15, 0.2) is 52.0 Å². The van der Waals surface area contributed by atoms with Gasteiger partial charge in [-0.15, -0.1) is 0 Å². The average molecular weight is 388 g/mol. The fourth-order valence-electron chi connectivity index (χ4n) is 2.94. The normalized spacial score (nSPS) is 15.4. The van der Waals surface area contributed by atoms with E-state index in [1.54, 1.807) is 29.2 Å². The van der Waals surface area contributed by atoms with E-state index in [1.807, 2.05) is 6.07 Å². The SMILES string of the molecule is N#Cc1ccccc1S(=O)(=O)NCCN1CCN(C(=O)c2ccco2)CC1. The second-order valence-electron chi connectivity index (χ2n) is 6.12. The molecule has 0 unspecified atom stereocenters. The van der Waals surface area contributed by atoms with Crippen LogP contribution in [0, 0.1) is 11.3 Å². The van der Waals surface area contributed by atoms with E-state index in [2.05, 4.69) is 9.62 Å². The minimum atomic E-state index is -3.73. The number of carbonyl (C=O) groups is 1. The van der Waals surface area contributed by atoms with Gasteiger partial charge in [-0.2, -0.15) is 5.26 Å². The van der Waals surface area contributed by atoms with Crippen LogP contribution in [0.4, 0.5) is 0 Å². The Hall–Kier alpha value is -2.67. The Kier molecular flexibility index (Phi) is 5.91. The van der Waals surface area contributed by atoms with Crippen LogP contribution < -0.4 is 4.72 Å². The van der Waals surface area contributed by atoms with Gasteiger partial charge in [0, 0.05) is 39.3 Å². The van der Waals surface area contributed by atoms with Crippen molar-refractivity contribution in [2.75, 3.05) is 39.3 Å². The molecule has 0 saturated carbocycles. The lowest BCUT2D eigenvalue weighted by molar-refractivity contribution is 0.0609. The van der Waals surface area contributed by atoms with Gasteiger partial charge < -0.3 is 9.32 Å². The van der Waals surface area contributed by atoms with Crippen molar-refractivity contribution in [3.63, 3.8) is 0 Å². The van der Waals surface area contributed by atoms with Gasteiger partial charge in [0.25, 0.3) is 5.91 Å². The summed E-state index contributed by atoms with van der Waals surface area (Å²) in [6.07, 6.45) is 1.47. The molecule has 1 aromatic heterocycles. The smallest absolute Gasteiger partial charge is 0.289 e. The van der Waals surface area contributed by atoms with Crippen molar-refractivity contribution in [3.8, 4) is 6.07 Å². The second-order valence-corrected chi connectivity index (χ2v) is 7.85. The van der Waals surface area contributed by atoms with Gasteiger partial charge in [-0.3, -0.25) is 9.69 Å². The Balaban J connectivity index is 1.48. The highest BCUT2D eigenvalue weighted by Crippen LogP contribution is 2.14. The zero-order chi connectivity index (χ0) is 19.3. The van der Waals surface area contributed by atoms with Gasteiger partial charge in [-0.05, 0) is 24.3 Å². The summed E-state index contributed by atoms with van der Waals surface area (Å²) in [6.45, 7) is 3.18. The number of nitriles is 1. The molecule has 1 N–H and O–H groups in total. The van der Waals surface area contributed by atoms with E-state index in [0.717, 1.165) is 0 Å². The zero-order valence-electron chi connectivity index (χ0n) is 14.7. The molecule has 1 fully saturated rings. The third-order valence-corrected chi connectivity index (χ3v) is 5.93. The van der Waals surface area contributed by atoms with Crippen LogP contribution in [0.25, 0.3) is 0 Å². The van der Waals surface area contributed by atoms with Crippen molar-refractivity contribution in [3.05, 3.63) is 54.0 Å². The predicted molar refractivity (Wildman–Crippen MR) is 97.4 cm³/mol. The topological polar surface area (TPSA) is 107 Å². The van der Waals surface area contributed by atoms with Crippen molar-refractivity contribution in [2.45, 2.75) is 4.90 Å². The highest BCUT2D eigenvalue weighted by molar-refractivity contribution is 7.89. The molecule has 9 heteroatoms. The van der Waals surface area contributed by atoms with E-state index in [-0.39, 0.29) is 22.9 Å². The second kappa shape index (κ2) is 8.35. The van der Waals surface area contributed by atoms with E-state index >= 15 is 0 Å². The van der Waals surface area contributed by atoms with E-state index in [9.17, 15) is 13.2 Å². The van der Waals surface area contributed by atoms with Gasteiger partial charge in [0.2, 0.25) is 10.0 Å². The largest absolute Gasteiger partial charge is 0.459 e. The molecule has 142 valence electrons. The molecule has 1 saturated heterocycles. The third kappa shape index (κ3) is 4.54. The molecule has 1 aromatic carbocycles. The number of sulfonamides is 1. The molecule has 0 aliphatic carbocycles. The maximum atomic E-state index is 12.4. The van der Waals surface area contributed by atoms with Crippen LogP contribution in [0.1, 0.15) is 16.1 Å². The van der Waals surface area contributed by atoms with E-state index in [1.165, 1.54) is 18.4 Å². The van der Waals surface area contributed by atoms with E-state index in [0.29, 0.717) is 38.5 Å².